The second-order valence-corrected chi connectivity index (χ2v) is 7.70. The van der Waals surface area contributed by atoms with Gasteiger partial charge in [0.1, 0.15) is 5.76 Å². The summed E-state index contributed by atoms with van der Waals surface area (Å²) in [7, 11) is 0. The summed E-state index contributed by atoms with van der Waals surface area (Å²) in [6.45, 7) is 2.01. The number of halogens is 3. The number of carbonyl (C=O) groups is 1. The molecule has 0 aliphatic heterocycles. The lowest BCUT2D eigenvalue weighted by molar-refractivity contribution is 0.0526. The second-order valence-electron chi connectivity index (χ2n) is 3.28. The minimum Gasteiger partial charge on any atom is -0.462 e. The smallest absolute Gasteiger partial charge is 0.428 e. The Morgan fingerprint density at radius 2 is 1.79 bits per heavy atom. The number of carbonyl (C=O) groups excluding carboxylic acids is 1. The molecule has 0 unspecified atom stereocenters. The molecular formula is C11H10Cl3O4P. The average molecular weight is 344 g/mol. The van der Waals surface area contributed by atoms with Crippen molar-refractivity contribution in [1.29, 1.82) is 0 Å². The van der Waals surface area contributed by atoms with Crippen LogP contribution in [-0.2, 0) is 13.8 Å². The minimum atomic E-state index is -3.75. The van der Waals surface area contributed by atoms with Crippen LogP contribution in [0.5, 0.6) is 0 Å². The summed E-state index contributed by atoms with van der Waals surface area (Å²) in [5.41, 5.74) is 1.90. The van der Waals surface area contributed by atoms with Crippen molar-refractivity contribution in [1.82, 2.24) is 0 Å². The van der Waals surface area contributed by atoms with Crippen molar-refractivity contribution >= 4 is 51.9 Å². The summed E-state index contributed by atoms with van der Waals surface area (Å²) in [6, 6.07) is 6.13. The van der Waals surface area contributed by atoms with Crippen LogP contribution in [0.25, 0.3) is 5.76 Å². The van der Waals surface area contributed by atoms with E-state index < -0.39 is 12.0 Å². The highest BCUT2D eigenvalue weighted by molar-refractivity contribution is 8.05. The van der Waals surface area contributed by atoms with Crippen molar-refractivity contribution < 1.29 is 18.6 Å². The molecule has 104 valence electrons. The highest BCUT2D eigenvalue weighted by Gasteiger charge is 2.19. The molecule has 0 atom stereocenters. The van der Waals surface area contributed by atoms with Crippen LogP contribution < -0.4 is 0 Å². The van der Waals surface area contributed by atoms with Crippen molar-refractivity contribution in [2.24, 2.45) is 0 Å². The molecule has 1 aromatic rings. The van der Waals surface area contributed by atoms with Gasteiger partial charge in [-0.1, -0.05) is 23.7 Å². The SMILES string of the molecule is CCOC(=O)c1ccc(C(=CCl)OP(=O)(Cl)Cl)cc1. The molecule has 0 heterocycles. The third-order valence-corrected chi connectivity index (χ3v) is 3.01. The Hall–Kier alpha value is -0.670. The largest absolute Gasteiger partial charge is 0.462 e. The topological polar surface area (TPSA) is 52.6 Å². The Morgan fingerprint density at radius 1 is 1.26 bits per heavy atom. The molecule has 4 nitrogen and oxygen atoms in total. The van der Waals surface area contributed by atoms with Crippen LogP contribution in [0.2, 0.25) is 0 Å². The number of hydrogen-bond donors (Lipinski definition) is 0. The first-order valence-electron chi connectivity index (χ1n) is 5.14. The zero-order valence-corrected chi connectivity index (χ0v) is 13.0. The molecule has 8 heteroatoms. The van der Waals surface area contributed by atoms with Gasteiger partial charge in [0.15, 0.2) is 0 Å². The monoisotopic (exact) mass is 342 g/mol. The van der Waals surface area contributed by atoms with E-state index in [4.69, 9.17) is 43.3 Å². The first kappa shape index (κ1) is 16.4. The Kier molecular flexibility index (Phi) is 6.21. The van der Waals surface area contributed by atoms with Gasteiger partial charge in [0, 0.05) is 33.6 Å². The average Bonchev–Trinajstić information content (AvgIpc) is 2.35. The predicted octanol–water partition coefficient (Wildman–Crippen LogP) is 5.00. The summed E-state index contributed by atoms with van der Waals surface area (Å²) in [5, 5.41) is 0. The fraction of sp³-hybridized carbons (Fsp3) is 0.182. The molecule has 0 aliphatic carbocycles. The maximum atomic E-state index is 11.4. The Morgan fingerprint density at radius 3 is 2.21 bits per heavy atom. The first-order valence-corrected chi connectivity index (χ1v) is 9.01. The third kappa shape index (κ3) is 5.45. The maximum absolute atomic E-state index is 11.4. The van der Waals surface area contributed by atoms with E-state index in [0.717, 1.165) is 5.54 Å². The summed E-state index contributed by atoms with van der Waals surface area (Å²) >= 11 is 16.2. The molecule has 0 N–H and O–H groups in total. The summed E-state index contributed by atoms with van der Waals surface area (Å²) in [5.74, 6) is -0.392. The normalized spacial score (nSPS) is 12.1. The summed E-state index contributed by atoms with van der Waals surface area (Å²) in [4.78, 5) is 11.4. The fourth-order valence-electron chi connectivity index (χ4n) is 1.24. The molecule has 0 amide bonds. The Labute approximate surface area is 125 Å². The molecule has 0 aliphatic rings. The Bertz CT molecular complexity index is 521. The molecular weight excluding hydrogens is 333 g/mol. The molecule has 1 rings (SSSR count). The predicted molar refractivity (Wildman–Crippen MR) is 76.6 cm³/mol. The number of hydrogen-bond acceptors (Lipinski definition) is 4. The number of esters is 1. The number of ether oxygens (including phenoxy) is 1. The van der Waals surface area contributed by atoms with Crippen molar-refractivity contribution in [3.63, 3.8) is 0 Å². The standard InChI is InChI=1S/C11H10Cl3O4P/c1-2-17-11(15)9-5-3-8(4-6-9)10(7-12)18-19(13,14)16/h3-7H,2H2,1H3. The van der Waals surface area contributed by atoms with Gasteiger partial charge in [-0.05, 0) is 19.1 Å². The highest BCUT2D eigenvalue weighted by Crippen LogP contribution is 2.60. The number of benzene rings is 1. The lowest BCUT2D eigenvalue weighted by Gasteiger charge is -2.10. The highest BCUT2D eigenvalue weighted by atomic mass is 35.9. The van der Waals surface area contributed by atoms with E-state index >= 15 is 0 Å². The third-order valence-electron chi connectivity index (χ3n) is 1.98. The van der Waals surface area contributed by atoms with Gasteiger partial charge >= 0.3 is 12.0 Å². The quantitative estimate of drug-likeness (QED) is 0.429. The van der Waals surface area contributed by atoms with Crippen molar-refractivity contribution in [2.75, 3.05) is 6.61 Å². The van der Waals surface area contributed by atoms with E-state index in [1.807, 2.05) is 0 Å². The van der Waals surface area contributed by atoms with E-state index in [2.05, 4.69) is 0 Å². The molecule has 0 bridgehead atoms. The van der Waals surface area contributed by atoms with Crippen LogP contribution in [0.1, 0.15) is 22.8 Å². The van der Waals surface area contributed by atoms with Gasteiger partial charge in [-0.25, -0.2) is 9.36 Å². The molecule has 0 aromatic heterocycles. The zero-order valence-electron chi connectivity index (χ0n) is 9.81. The van der Waals surface area contributed by atoms with Gasteiger partial charge in [0.25, 0.3) is 0 Å². The summed E-state index contributed by atoms with van der Waals surface area (Å²) in [6.07, 6.45) is -3.75. The molecule has 0 saturated carbocycles. The van der Waals surface area contributed by atoms with E-state index in [1.165, 1.54) is 12.1 Å². The molecule has 0 spiro atoms. The van der Waals surface area contributed by atoms with Crippen LogP contribution in [-0.4, -0.2) is 12.6 Å². The Balaban J connectivity index is 2.91. The van der Waals surface area contributed by atoms with E-state index in [-0.39, 0.29) is 12.4 Å². The lowest BCUT2D eigenvalue weighted by atomic mass is 10.1. The van der Waals surface area contributed by atoms with Gasteiger partial charge in [0.2, 0.25) is 0 Å². The van der Waals surface area contributed by atoms with Crippen molar-refractivity contribution in [3.8, 4) is 0 Å². The molecule has 0 saturated heterocycles. The molecule has 1 aromatic carbocycles. The molecule has 0 fully saturated rings. The lowest BCUT2D eigenvalue weighted by Crippen LogP contribution is -2.04. The van der Waals surface area contributed by atoms with Crippen LogP contribution >= 0.6 is 40.2 Å². The van der Waals surface area contributed by atoms with Gasteiger partial charge < -0.3 is 9.26 Å². The van der Waals surface area contributed by atoms with Crippen molar-refractivity contribution in [2.45, 2.75) is 6.92 Å². The van der Waals surface area contributed by atoms with Crippen LogP contribution in [0.4, 0.5) is 0 Å². The van der Waals surface area contributed by atoms with E-state index in [9.17, 15) is 9.36 Å². The van der Waals surface area contributed by atoms with Crippen LogP contribution in [0, 0.1) is 0 Å². The van der Waals surface area contributed by atoms with Crippen LogP contribution in [0.15, 0.2) is 29.8 Å². The minimum absolute atomic E-state index is 0.0467. The maximum Gasteiger partial charge on any atom is 0.428 e. The summed E-state index contributed by atoms with van der Waals surface area (Å²) < 4.78 is 20.8. The first-order chi connectivity index (χ1) is 8.87. The molecule has 19 heavy (non-hydrogen) atoms. The van der Waals surface area contributed by atoms with Gasteiger partial charge in [0.05, 0.1) is 12.2 Å². The molecule has 0 radical (unpaired) electrons. The van der Waals surface area contributed by atoms with E-state index in [0.29, 0.717) is 11.1 Å². The fourth-order valence-corrected chi connectivity index (χ4v) is 2.30. The zero-order chi connectivity index (χ0) is 14.5. The van der Waals surface area contributed by atoms with Gasteiger partial charge in [-0.2, -0.15) is 0 Å². The second kappa shape index (κ2) is 7.20. The van der Waals surface area contributed by atoms with Gasteiger partial charge in [-0.3, -0.25) is 0 Å². The van der Waals surface area contributed by atoms with E-state index in [1.54, 1.807) is 19.1 Å². The van der Waals surface area contributed by atoms with Crippen molar-refractivity contribution in [3.05, 3.63) is 40.9 Å². The van der Waals surface area contributed by atoms with Crippen LogP contribution in [0.3, 0.4) is 0 Å². The van der Waals surface area contributed by atoms with Gasteiger partial charge in [-0.15, -0.1) is 0 Å². The number of rotatable bonds is 5.